The number of H-pyrrole nitrogens is 1. The Morgan fingerprint density at radius 3 is 2.40 bits per heavy atom. The molecule has 1 aliphatic carbocycles. The third-order valence-corrected chi connectivity index (χ3v) is 17.6. The zero-order valence-corrected chi connectivity index (χ0v) is 42.4. The van der Waals surface area contributed by atoms with Crippen molar-refractivity contribution in [2.24, 2.45) is 22.5 Å². The number of aromatic hydroxyl groups is 1. The van der Waals surface area contributed by atoms with E-state index >= 15 is 0 Å². The number of urea groups is 1. The molecule has 6 aromatic rings. The van der Waals surface area contributed by atoms with E-state index < -0.39 is 35.6 Å². The highest BCUT2D eigenvalue weighted by Gasteiger charge is 2.67. The summed E-state index contributed by atoms with van der Waals surface area (Å²) in [6, 6.07) is 15.7. The second-order valence-corrected chi connectivity index (χ2v) is 22.9. The van der Waals surface area contributed by atoms with Gasteiger partial charge in [-0.15, -0.1) is 21.5 Å². The first-order chi connectivity index (χ1) is 34.6. The molecule has 4 amide bonds. The van der Waals surface area contributed by atoms with Crippen LogP contribution in [0.4, 0.5) is 10.7 Å². The molecule has 5 atom stereocenters. The van der Waals surface area contributed by atoms with E-state index in [0.717, 1.165) is 101 Å². The number of primary amides is 1. The first kappa shape index (κ1) is 47.8. The number of amides is 4. The monoisotopic (exact) mass is 992 g/mol. The number of likely N-dealkylation sites (tertiary alicyclic amines) is 3. The van der Waals surface area contributed by atoms with Crippen molar-refractivity contribution >= 4 is 46.2 Å². The lowest BCUT2D eigenvalue weighted by Crippen LogP contribution is -2.78. The Bertz CT molecular complexity index is 3010. The molecule has 6 N–H and O–H groups in total. The molecule has 2 unspecified atom stereocenters. The van der Waals surface area contributed by atoms with Crippen molar-refractivity contribution in [3.8, 4) is 27.4 Å². The normalized spacial score (nSPS) is 25.0. The number of hydrogen-bond donors (Lipinski definition) is 5. The molecule has 4 aliphatic heterocycles. The number of aromatic amines is 1. The molecule has 0 radical (unpaired) electrons. The fraction of sp³-hybridized carbons (Fsp3) is 0.481. The molecule has 18 heteroatoms. The van der Waals surface area contributed by atoms with Crippen LogP contribution in [0.15, 0.2) is 72.5 Å². The molecule has 2 aromatic carbocycles. The van der Waals surface area contributed by atoms with Gasteiger partial charge in [0, 0.05) is 85.1 Å². The van der Waals surface area contributed by atoms with Crippen LogP contribution in [0.2, 0.25) is 0 Å². The summed E-state index contributed by atoms with van der Waals surface area (Å²) < 4.78 is 0. The van der Waals surface area contributed by atoms with Gasteiger partial charge in [-0.1, -0.05) is 57.2 Å². The van der Waals surface area contributed by atoms with Gasteiger partial charge in [0.05, 0.1) is 45.9 Å². The predicted octanol–water partition coefficient (Wildman–Crippen LogP) is 6.71. The van der Waals surface area contributed by atoms with Gasteiger partial charge >= 0.3 is 6.03 Å². The molecular formula is C54H64N12O5S. The van der Waals surface area contributed by atoms with Crippen molar-refractivity contribution in [3.05, 3.63) is 101 Å². The van der Waals surface area contributed by atoms with E-state index in [9.17, 15) is 24.6 Å². The van der Waals surface area contributed by atoms with Crippen LogP contribution in [0.3, 0.4) is 0 Å². The number of anilines is 1. The number of nitrogens with two attached hydrogens (primary N) is 1. The Labute approximate surface area is 423 Å². The zero-order valence-electron chi connectivity index (χ0n) is 41.6. The van der Waals surface area contributed by atoms with E-state index in [0.29, 0.717) is 35.7 Å². The molecule has 376 valence electrons. The molecule has 0 bridgehead atoms. The van der Waals surface area contributed by atoms with Crippen molar-refractivity contribution in [3.63, 3.8) is 0 Å². The first-order valence-corrected chi connectivity index (χ1v) is 26.3. The number of piperidine rings is 1. The van der Waals surface area contributed by atoms with Gasteiger partial charge in [0.1, 0.15) is 11.8 Å². The molecule has 11 rings (SSSR count). The quantitative estimate of drug-likeness (QED) is 0.0967. The molecule has 8 heterocycles. The molecule has 1 saturated carbocycles. The van der Waals surface area contributed by atoms with Crippen LogP contribution in [0.25, 0.3) is 32.7 Å². The average molecular weight is 993 g/mol. The minimum Gasteiger partial charge on any atom is -0.507 e. The third-order valence-electron chi connectivity index (χ3n) is 16.6. The first-order valence-electron chi connectivity index (χ1n) is 25.4. The second-order valence-electron chi connectivity index (χ2n) is 22.0. The fourth-order valence-electron chi connectivity index (χ4n) is 12.8. The number of fused-ring (bicyclic) bond motifs is 3. The summed E-state index contributed by atoms with van der Waals surface area (Å²) in [5, 5.41) is 34.4. The minimum atomic E-state index is -0.841. The zero-order chi connectivity index (χ0) is 50.2. The molecule has 17 nitrogen and oxygen atoms in total. The lowest BCUT2D eigenvalue weighted by Gasteiger charge is -2.68. The lowest BCUT2D eigenvalue weighted by molar-refractivity contribution is -0.185. The van der Waals surface area contributed by atoms with Crippen LogP contribution in [0, 0.1) is 23.7 Å². The van der Waals surface area contributed by atoms with E-state index in [1.807, 2.05) is 88.1 Å². The molecule has 4 aromatic heterocycles. The summed E-state index contributed by atoms with van der Waals surface area (Å²) in [6.07, 6.45) is 7.75. The lowest BCUT2D eigenvalue weighted by atomic mass is 9.50. The van der Waals surface area contributed by atoms with Gasteiger partial charge in [-0.05, 0) is 98.8 Å². The fourth-order valence-corrected chi connectivity index (χ4v) is 13.6. The summed E-state index contributed by atoms with van der Waals surface area (Å²) >= 11 is 1.59. The number of aliphatic hydroxyl groups excluding tert-OH is 1. The van der Waals surface area contributed by atoms with Gasteiger partial charge in [0.2, 0.25) is 17.8 Å². The number of hydrogen-bond acceptors (Lipinski definition) is 13. The largest absolute Gasteiger partial charge is 0.507 e. The summed E-state index contributed by atoms with van der Waals surface area (Å²) in [6.45, 7) is 13.7. The molecule has 4 fully saturated rings. The van der Waals surface area contributed by atoms with Crippen LogP contribution < -0.4 is 16.0 Å². The molecule has 72 heavy (non-hydrogen) atoms. The number of phenols is 1. The summed E-state index contributed by atoms with van der Waals surface area (Å²) in [5.74, 6) is 0.0309. The molecular weight excluding hydrogens is 929 g/mol. The summed E-state index contributed by atoms with van der Waals surface area (Å²) in [4.78, 5) is 68.8. The smallest absolute Gasteiger partial charge is 0.315 e. The number of aryl methyl sites for hydroxylation is 1. The average Bonchev–Trinajstić information content (AvgIpc) is 4.08. The van der Waals surface area contributed by atoms with Gasteiger partial charge < -0.3 is 45.8 Å². The molecule has 1 spiro atoms. The number of para-hydroxylation sites is 1. The third kappa shape index (κ3) is 8.53. The van der Waals surface area contributed by atoms with Crippen molar-refractivity contribution in [2.75, 3.05) is 37.6 Å². The number of aromatic nitrogens is 6. The Hall–Kier alpha value is -6.50. The van der Waals surface area contributed by atoms with Crippen molar-refractivity contribution < 1.29 is 24.6 Å². The van der Waals surface area contributed by atoms with Gasteiger partial charge in [0.25, 0.3) is 0 Å². The molecule has 5 aliphatic rings. The number of β-amino-alcohol motifs (C(OH)–C–C–N with tert-alkyl or cyclic N) is 1. The highest BCUT2D eigenvalue weighted by molar-refractivity contribution is 7.13. The Morgan fingerprint density at radius 1 is 0.986 bits per heavy atom. The predicted molar refractivity (Wildman–Crippen MR) is 275 cm³/mol. The highest BCUT2D eigenvalue weighted by atomic mass is 32.1. The topological polar surface area (TPSA) is 223 Å². The number of benzene rings is 2. The standard InChI is InChI=1S/C54H64N12O5S/c1-30-46(72-29-59-30)34-12-10-32(11-13-34)24-56-49(69)42-20-37(67)27-65(42)50(70)45(53(3,4)5)47-54(28-66(47)51(55)71)22-36(23-54)63-17-14-33(15-18-63)35-25-57-52(58-26-35)64-19-16-40-44(31(64)2)39-21-41(61-62-48(39)60-40)38-8-6-7-9-43(38)68/h6-13,21,25-26,29,31,33,36-37,42,45,47,67-68H,14-20,22-24,27-28H2,1-5H3,(H2,55,71)(H,56,69)(H,60,62)/t31?,36?,37-,42+,45+,47?,54?/m1/s1. The van der Waals surface area contributed by atoms with E-state index in [-0.39, 0.29) is 48.5 Å². The van der Waals surface area contributed by atoms with Crippen molar-refractivity contribution in [2.45, 2.75) is 116 Å². The SMILES string of the molecule is Cc1ncsc1-c1ccc(CNC(=O)[C@@H]2C[C@@H](O)CN2C(=O)[C@H](C2N(C(N)=O)CC23CC(N2CCC(c4cnc(N5CCc6[nH]c7nnc(-c8ccccc8O)cc7c6C5C)nc4)CC2)C3)C(C)(C)C)cc1. The number of rotatable bonds is 10. The van der Waals surface area contributed by atoms with E-state index in [2.05, 4.69) is 42.2 Å². The van der Waals surface area contributed by atoms with Crippen molar-refractivity contribution in [1.82, 2.24) is 50.1 Å². The van der Waals surface area contributed by atoms with Crippen LogP contribution >= 0.6 is 11.3 Å². The number of carbonyl (C=O) groups is 3. The minimum absolute atomic E-state index is 0.0118. The highest BCUT2D eigenvalue weighted by Crippen LogP contribution is 2.59. The number of phenolic OH excluding ortho intramolecular Hbond substituents is 1. The summed E-state index contributed by atoms with van der Waals surface area (Å²) in [7, 11) is 0. The maximum Gasteiger partial charge on any atom is 0.315 e. The second kappa shape index (κ2) is 18.5. The van der Waals surface area contributed by atoms with Crippen LogP contribution in [-0.2, 0) is 22.6 Å². The number of nitrogens with one attached hydrogen (secondary N) is 2. The van der Waals surface area contributed by atoms with Gasteiger partial charge in [-0.25, -0.2) is 19.7 Å². The maximum atomic E-state index is 15.0. The Kier molecular flexibility index (Phi) is 12.3. The van der Waals surface area contributed by atoms with Crippen LogP contribution in [0.1, 0.15) is 99.8 Å². The number of carbonyl (C=O) groups excluding carboxylic acids is 3. The van der Waals surface area contributed by atoms with Crippen LogP contribution in [-0.4, -0.2) is 130 Å². The Morgan fingerprint density at radius 2 is 1.72 bits per heavy atom. The van der Waals surface area contributed by atoms with Crippen LogP contribution in [0.5, 0.6) is 5.75 Å². The van der Waals surface area contributed by atoms with Gasteiger partial charge in [-0.3, -0.25) is 9.59 Å². The molecule has 3 saturated heterocycles. The van der Waals surface area contributed by atoms with Crippen molar-refractivity contribution in [1.29, 1.82) is 0 Å². The number of thiazole rings is 1. The van der Waals surface area contributed by atoms with Gasteiger partial charge in [0.15, 0.2) is 5.65 Å². The van der Waals surface area contributed by atoms with E-state index in [1.54, 1.807) is 33.3 Å². The van der Waals surface area contributed by atoms with E-state index in [1.165, 1.54) is 0 Å². The maximum absolute atomic E-state index is 15.0. The van der Waals surface area contributed by atoms with Gasteiger partial charge in [-0.2, -0.15) is 0 Å². The Balaban J connectivity index is 0.719. The van der Waals surface area contributed by atoms with E-state index in [4.69, 9.17) is 15.7 Å². The number of aliphatic hydroxyl groups is 1. The number of nitrogens with zero attached hydrogens (tertiary/aromatic N) is 9. The summed E-state index contributed by atoms with van der Waals surface area (Å²) in [5.41, 5.74) is 15.4.